The van der Waals surface area contributed by atoms with Crippen LogP contribution in [0.25, 0.3) is 5.69 Å². The van der Waals surface area contributed by atoms with Gasteiger partial charge in [0.15, 0.2) is 0 Å². The first kappa shape index (κ1) is 20.4. The molecular formula is C26H29N3O. The number of fused-ring (bicyclic) bond motifs is 1. The largest absolute Gasteiger partial charge is 0.395 e. The average Bonchev–Trinajstić information content (AvgIpc) is 3.20. The second-order valence-corrected chi connectivity index (χ2v) is 7.98. The molecule has 1 aliphatic carbocycles. The van der Waals surface area contributed by atoms with E-state index in [2.05, 4.69) is 66.0 Å². The summed E-state index contributed by atoms with van der Waals surface area (Å²) in [6, 6.07) is 15.1. The number of hydrogen-bond acceptors (Lipinski definition) is 3. The van der Waals surface area contributed by atoms with Gasteiger partial charge in [0.2, 0.25) is 0 Å². The fourth-order valence-electron chi connectivity index (χ4n) is 4.11. The highest BCUT2D eigenvalue weighted by Gasteiger charge is 2.25. The highest BCUT2D eigenvalue weighted by atomic mass is 16.2. The van der Waals surface area contributed by atoms with Crippen molar-refractivity contribution >= 4 is 0 Å². The van der Waals surface area contributed by atoms with E-state index >= 15 is 0 Å². The maximum absolute atomic E-state index is 8.83. The molecule has 1 atom stereocenters. The molecule has 154 valence electrons. The van der Waals surface area contributed by atoms with Crippen molar-refractivity contribution < 1.29 is 5.11 Å². The van der Waals surface area contributed by atoms with Gasteiger partial charge < -0.3 is 10.4 Å². The Morgan fingerprint density at radius 1 is 1.17 bits per heavy atom. The molecule has 4 heteroatoms. The zero-order chi connectivity index (χ0) is 20.9. The number of aromatic nitrogens is 2. The smallest absolute Gasteiger partial charge is 0.0680 e. The third-order valence-electron chi connectivity index (χ3n) is 5.96. The lowest BCUT2D eigenvalue weighted by Crippen LogP contribution is -2.25. The lowest BCUT2D eigenvalue weighted by atomic mass is 9.92. The summed E-state index contributed by atoms with van der Waals surface area (Å²) < 4.78 is 2.14. The molecule has 0 fully saturated rings. The number of rotatable bonds is 5. The van der Waals surface area contributed by atoms with Gasteiger partial charge in [0.05, 0.1) is 18.5 Å². The van der Waals surface area contributed by atoms with Crippen LogP contribution in [0.15, 0.2) is 48.7 Å². The Morgan fingerprint density at radius 2 is 2.00 bits per heavy atom. The van der Waals surface area contributed by atoms with E-state index in [4.69, 9.17) is 10.2 Å². The first-order valence-electron chi connectivity index (χ1n) is 10.7. The minimum absolute atomic E-state index is 0.110. The minimum atomic E-state index is 0.110. The predicted octanol–water partition coefficient (Wildman–Crippen LogP) is 4.39. The van der Waals surface area contributed by atoms with Crippen LogP contribution >= 0.6 is 0 Å². The molecule has 0 saturated heterocycles. The quantitative estimate of drug-likeness (QED) is 0.626. The summed E-state index contributed by atoms with van der Waals surface area (Å²) in [4.78, 5) is 0. The second kappa shape index (κ2) is 9.30. The van der Waals surface area contributed by atoms with E-state index in [0.29, 0.717) is 12.5 Å². The molecule has 0 amide bonds. The number of hydrogen-bond donors (Lipinski definition) is 2. The number of nitrogens with one attached hydrogen (secondary N) is 1. The minimum Gasteiger partial charge on any atom is -0.395 e. The fourth-order valence-corrected chi connectivity index (χ4v) is 4.11. The van der Waals surface area contributed by atoms with Crippen LogP contribution in [-0.2, 0) is 13.0 Å². The molecule has 2 aromatic carbocycles. The van der Waals surface area contributed by atoms with E-state index in [1.807, 2.05) is 18.3 Å². The van der Waals surface area contributed by atoms with Crippen molar-refractivity contribution in [2.24, 2.45) is 0 Å². The second-order valence-electron chi connectivity index (χ2n) is 7.98. The molecule has 0 aliphatic heterocycles. The molecule has 4 rings (SSSR count). The first-order chi connectivity index (χ1) is 14.7. The molecule has 3 aromatic rings. The van der Waals surface area contributed by atoms with Crippen LogP contribution in [-0.4, -0.2) is 21.5 Å². The van der Waals surface area contributed by atoms with Gasteiger partial charge in [0.25, 0.3) is 0 Å². The van der Waals surface area contributed by atoms with Gasteiger partial charge in [-0.05, 0) is 68.0 Å². The van der Waals surface area contributed by atoms with Crippen LogP contribution < -0.4 is 5.32 Å². The number of benzene rings is 2. The van der Waals surface area contributed by atoms with Crippen molar-refractivity contribution in [1.82, 2.24) is 15.1 Å². The summed E-state index contributed by atoms with van der Waals surface area (Å²) in [5.74, 6) is 6.04. The number of aliphatic hydroxyl groups excluding tert-OH is 1. The third kappa shape index (κ3) is 4.33. The van der Waals surface area contributed by atoms with Crippen molar-refractivity contribution in [2.75, 3.05) is 6.61 Å². The summed E-state index contributed by atoms with van der Waals surface area (Å²) in [6.07, 6.45) is 5.94. The molecule has 1 unspecified atom stereocenters. The molecule has 1 aromatic heterocycles. The topological polar surface area (TPSA) is 50.1 Å². The van der Waals surface area contributed by atoms with Gasteiger partial charge >= 0.3 is 0 Å². The summed E-state index contributed by atoms with van der Waals surface area (Å²) in [5.41, 5.74) is 8.68. The standard InChI is InChI=1S/C26H29N3O/c1-19-7-5-10-25(20(19)2)29-26-11-6-9-24(23(26)18-28-29)27-17-22-14-12-21(13-15-22)8-3-4-16-30/h5,7,10,12-15,18,24,27,30H,4,6,9,11,16-17H2,1-2H3. The summed E-state index contributed by atoms with van der Waals surface area (Å²) in [5, 5.41) is 17.3. The molecule has 0 bridgehead atoms. The average molecular weight is 400 g/mol. The highest BCUT2D eigenvalue weighted by molar-refractivity contribution is 5.46. The Balaban J connectivity index is 1.48. The Bertz CT molecular complexity index is 1070. The lowest BCUT2D eigenvalue weighted by Gasteiger charge is -2.25. The van der Waals surface area contributed by atoms with Crippen molar-refractivity contribution in [3.8, 4) is 17.5 Å². The van der Waals surface area contributed by atoms with Gasteiger partial charge in [-0.2, -0.15) is 5.10 Å². The lowest BCUT2D eigenvalue weighted by molar-refractivity contribution is 0.305. The molecule has 0 spiro atoms. The Kier molecular flexibility index (Phi) is 6.32. The Morgan fingerprint density at radius 3 is 2.80 bits per heavy atom. The molecule has 30 heavy (non-hydrogen) atoms. The van der Waals surface area contributed by atoms with E-state index in [1.165, 1.54) is 40.1 Å². The van der Waals surface area contributed by atoms with E-state index < -0.39 is 0 Å². The van der Waals surface area contributed by atoms with E-state index in [9.17, 15) is 0 Å². The third-order valence-corrected chi connectivity index (χ3v) is 5.96. The SMILES string of the molecule is Cc1cccc(-n2ncc3c2CCCC3NCc2ccc(C#CCCO)cc2)c1C. The van der Waals surface area contributed by atoms with Gasteiger partial charge in [0, 0.05) is 35.8 Å². The zero-order valence-corrected chi connectivity index (χ0v) is 17.8. The highest BCUT2D eigenvalue weighted by Crippen LogP contribution is 2.32. The maximum atomic E-state index is 8.83. The van der Waals surface area contributed by atoms with Gasteiger partial charge in [-0.1, -0.05) is 36.1 Å². The summed E-state index contributed by atoms with van der Waals surface area (Å²) in [7, 11) is 0. The van der Waals surface area contributed by atoms with Gasteiger partial charge in [-0.3, -0.25) is 0 Å². The predicted molar refractivity (Wildman–Crippen MR) is 121 cm³/mol. The van der Waals surface area contributed by atoms with E-state index in [-0.39, 0.29) is 6.61 Å². The zero-order valence-electron chi connectivity index (χ0n) is 17.8. The van der Waals surface area contributed by atoms with Crippen LogP contribution in [0.4, 0.5) is 0 Å². The van der Waals surface area contributed by atoms with Crippen LogP contribution in [0.5, 0.6) is 0 Å². The van der Waals surface area contributed by atoms with Crippen LogP contribution in [0.3, 0.4) is 0 Å². The van der Waals surface area contributed by atoms with Crippen LogP contribution in [0.1, 0.15) is 58.8 Å². The van der Waals surface area contributed by atoms with E-state index in [1.54, 1.807) is 0 Å². The summed E-state index contributed by atoms with van der Waals surface area (Å²) >= 11 is 0. The molecule has 1 aliphatic rings. The Hall–Kier alpha value is -2.87. The molecule has 1 heterocycles. The van der Waals surface area contributed by atoms with Gasteiger partial charge in [-0.15, -0.1) is 0 Å². The molecule has 0 saturated carbocycles. The normalized spacial score (nSPS) is 15.4. The molecular weight excluding hydrogens is 370 g/mol. The number of aliphatic hydroxyl groups is 1. The van der Waals surface area contributed by atoms with Crippen LogP contribution in [0, 0.1) is 25.7 Å². The van der Waals surface area contributed by atoms with Crippen molar-refractivity contribution in [3.05, 3.63) is 82.2 Å². The van der Waals surface area contributed by atoms with Crippen molar-refractivity contribution in [3.63, 3.8) is 0 Å². The van der Waals surface area contributed by atoms with Crippen molar-refractivity contribution in [2.45, 2.75) is 52.1 Å². The number of aryl methyl sites for hydroxylation is 1. The summed E-state index contributed by atoms with van der Waals surface area (Å²) in [6.45, 7) is 5.26. The first-order valence-corrected chi connectivity index (χ1v) is 10.7. The van der Waals surface area contributed by atoms with Crippen LogP contribution in [0.2, 0.25) is 0 Å². The maximum Gasteiger partial charge on any atom is 0.0680 e. The molecule has 2 N–H and O–H groups in total. The molecule has 0 radical (unpaired) electrons. The van der Waals surface area contributed by atoms with Gasteiger partial charge in [-0.25, -0.2) is 4.68 Å². The monoisotopic (exact) mass is 399 g/mol. The Labute approximate surface area is 179 Å². The van der Waals surface area contributed by atoms with Crippen molar-refractivity contribution in [1.29, 1.82) is 0 Å². The van der Waals surface area contributed by atoms with Gasteiger partial charge in [0.1, 0.15) is 0 Å². The molecule has 4 nitrogen and oxygen atoms in total. The number of nitrogens with zero attached hydrogens (tertiary/aromatic N) is 2. The van der Waals surface area contributed by atoms with E-state index in [0.717, 1.165) is 24.9 Å². The fraction of sp³-hybridized carbons (Fsp3) is 0.346.